The molecule has 0 radical (unpaired) electrons. The molecular formula is C22H31N5. The number of nitrogens with two attached hydrogens (primary N) is 1. The number of likely N-dealkylation sites (tertiary alicyclic amines) is 1. The van der Waals surface area contributed by atoms with Gasteiger partial charge in [-0.3, -0.25) is 14.9 Å². The number of pyridine rings is 1. The van der Waals surface area contributed by atoms with Crippen LogP contribution in [0.4, 0.5) is 0 Å². The van der Waals surface area contributed by atoms with Crippen molar-refractivity contribution in [2.45, 2.75) is 32.7 Å². The molecule has 1 fully saturated rings. The van der Waals surface area contributed by atoms with E-state index in [0.717, 1.165) is 44.8 Å². The summed E-state index contributed by atoms with van der Waals surface area (Å²) in [6.07, 6.45) is 5.06. The Bertz CT molecular complexity index is 703. The second kappa shape index (κ2) is 10.1. The van der Waals surface area contributed by atoms with E-state index in [1.54, 1.807) is 0 Å². The standard InChI is InChI=1S/C22H31N5/c1-18-5-7-20(8-6-18)17-27-14-10-19(11-15-27)16-26-22(23)25-13-9-21-4-2-3-12-24-21/h2-8,12,19H,9-11,13-17H2,1H3,(H3,23,25,26). The van der Waals surface area contributed by atoms with Crippen LogP contribution < -0.4 is 11.1 Å². The van der Waals surface area contributed by atoms with Gasteiger partial charge in [0.1, 0.15) is 0 Å². The van der Waals surface area contributed by atoms with Crippen LogP contribution in [0.15, 0.2) is 53.7 Å². The molecule has 27 heavy (non-hydrogen) atoms. The van der Waals surface area contributed by atoms with Gasteiger partial charge in [0.15, 0.2) is 5.96 Å². The second-order valence-corrected chi connectivity index (χ2v) is 7.43. The van der Waals surface area contributed by atoms with E-state index >= 15 is 0 Å². The molecule has 0 unspecified atom stereocenters. The van der Waals surface area contributed by atoms with Crippen LogP contribution in [0.5, 0.6) is 0 Å². The smallest absolute Gasteiger partial charge is 0.188 e. The topological polar surface area (TPSA) is 66.5 Å². The number of hydrogen-bond donors (Lipinski definition) is 2. The number of nitrogens with zero attached hydrogens (tertiary/aromatic N) is 3. The summed E-state index contributed by atoms with van der Waals surface area (Å²) in [6, 6.07) is 14.8. The van der Waals surface area contributed by atoms with Crippen molar-refractivity contribution < 1.29 is 0 Å². The van der Waals surface area contributed by atoms with Crippen molar-refractivity contribution in [2.75, 3.05) is 26.2 Å². The van der Waals surface area contributed by atoms with Gasteiger partial charge in [0.05, 0.1) is 0 Å². The first-order chi connectivity index (χ1) is 13.2. The average molecular weight is 366 g/mol. The molecule has 144 valence electrons. The Morgan fingerprint density at radius 2 is 1.96 bits per heavy atom. The summed E-state index contributed by atoms with van der Waals surface area (Å²) in [5.41, 5.74) is 9.80. The molecule has 1 saturated heterocycles. The van der Waals surface area contributed by atoms with Gasteiger partial charge in [-0.2, -0.15) is 0 Å². The first-order valence-corrected chi connectivity index (χ1v) is 9.90. The molecule has 1 aromatic heterocycles. The quantitative estimate of drug-likeness (QED) is 0.585. The molecule has 1 aromatic carbocycles. The van der Waals surface area contributed by atoms with E-state index in [0.29, 0.717) is 11.9 Å². The van der Waals surface area contributed by atoms with Crippen LogP contribution in [0.25, 0.3) is 0 Å². The zero-order valence-corrected chi connectivity index (χ0v) is 16.3. The number of aliphatic imine (C=N–C) groups is 1. The first kappa shape index (κ1) is 19.4. The van der Waals surface area contributed by atoms with E-state index in [2.05, 4.69) is 51.4 Å². The van der Waals surface area contributed by atoms with E-state index in [-0.39, 0.29) is 0 Å². The lowest BCUT2D eigenvalue weighted by Crippen LogP contribution is -2.36. The van der Waals surface area contributed by atoms with Gasteiger partial charge in [-0.05, 0) is 56.5 Å². The Balaban J connectivity index is 1.33. The summed E-state index contributed by atoms with van der Waals surface area (Å²) in [5.74, 6) is 1.18. The highest BCUT2D eigenvalue weighted by Gasteiger charge is 2.19. The molecule has 1 aliphatic rings. The molecule has 3 rings (SSSR count). The number of hydrogen-bond acceptors (Lipinski definition) is 3. The van der Waals surface area contributed by atoms with Crippen LogP contribution in [0, 0.1) is 12.8 Å². The highest BCUT2D eigenvalue weighted by molar-refractivity contribution is 5.77. The normalized spacial score (nSPS) is 16.4. The van der Waals surface area contributed by atoms with Crippen molar-refractivity contribution in [2.24, 2.45) is 16.6 Å². The van der Waals surface area contributed by atoms with Crippen LogP contribution in [-0.4, -0.2) is 42.0 Å². The fourth-order valence-electron chi connectivity index (χ4n) is 3.43. The van der Waals surface area contributed by atoms with E-state index in [9.17, 15) is 0 Å². The maximum absolute atomic E-state index is 6.00. The lowest BCUT2D eigenvalue weighted by Gasteiger charge is -2.31. The van der Waals surface area contributed by atoms with Crippen LogP contribution in [-0.2, 0) is 13.0 Å². The van der Waals surface area contributed by atoms with E-state index in [1.807, 2.05) is 24.4 Å². The molecule has 0 spiro atoms. The summed E-state index contributed by atoms with van der Waals surface area (Å²) in [6.45, 7) is 7.05. The molecule has 5 heteroatoms. The fraction of sp³-hybridized carbons (Fsp3) is 0.455. The van der Waals surface area contributed by atoms with Gasteiger partial charge >= 0.3 is 0 Å². The van der Waals surface area contributed by atoms with Crippen LogP contribution >= 0.6 is 0 Å². The number of aryl methyl sites for hydroxylation is 1. The Morgan fingerprint density at radius 3 is 2.67 bits per heavy atom. The number of aromatic nitrogens is 1. The van der Waals surface area contributed by atoms with E-state index in [4.69, 9.17) is 5.73 Å². The van der Waals surface area contributed by atoms with Gasteiger partial charge in [0.25, 0.3) is 0 Å². The Labute approximate surface area is 162 Å². The number of guanidine groups is 1. The highest BCUT2D eigenvalue weighted by atomic mass is 15.1. The van der Waals surface area contributed by atoms with Gasteiger partial charge in [-0.25, -0.2) is 0 Å². The van der Waals surface area contributed by atoms with Gasteiger partial charge < -0.3 is 11.1 Å². The Hall–Kier alpha value is -2.40. The summed E-state index contributed by atoms with van der Waals surface area (Å²) in [7, 11) is 0. The molecule has 1 aliphatic heterocycles. The SMILES string of the molecule is Cc1ccc(CN2CCC(CN=C(N)NCCc3ccccn3)CC2)cc1. The third kappa shape index (κ3) is 6.68. The Morgan fingerprint density at radius 1 is 1.19 bits per heavy atom. The number of nitrogens with one attached hydrogen (secondary N) is 1. The largest absolute Gasteiger partial charge is 0.370 e. The zero-order valence-electron chi connectivity index (χ0n) is 16.3. The van der Waals surface area contributed by atoms with Gasteiger partial charge in [0, 0.05) is 37.9 Å². The maximum atomic E-state index is 6.00. The third-order valence-corrected chi connectivity index (χ3v) is 5.17. The summed E-state index contributed by atoms with van der Waals surface area (Å²) < 4.78 is 0. The molecular weight excluding hydrogens is 334 g/mol. The molecule has 0 atom stereocenters. The molecule has 2 aromatic rings. The minimum absolute atomic E-state index is 0.549. The molecule has 3 N–H and O–H groups in total. The third-order valence-electron chi connectivity index (χ3n) is 5.17. The van der Waals surface area contributed by atoms with E-state index in [1.165, 1.54) is 24.0 Å². The second-order valence-electron chi connectivity index (χ2n) is 7.43. The number of piperidine rings is 1. The van der Waals surface area contributed by atoms with Crippen molar-refractivity contribution in [3.8, 4) is 0 Å². The summed E-state index contributed by atoms with van der Waals surface area (Å²) in [5, 5.41) is 3.19. The molecule has 0 aliphatic carbocycles. The fourth-order valence-corrected chi connectivity index (χ4v) is 3.43. The highest BCUT2D eigenvalue weighted by Crippen LogP contribution is 2.19. The number of rotatable bonds is 7. The van der Waals surface area contributed by atoms with Crippen molar-refractivity contribution in [3.63, 3.8) is 0 Å². The van der Waals surface area contributed by atoms with Gasteiger partial charge in [-0.15, -0.1) is 0 Å². The lowest BCUT2D eigenvalue weighted by atomic mass is 9.96. The van der Waals surface area contributed by atoms with E-state index < -0.39 is 0 Å². The molecule has 0 saturated carbocycles. The first-order valence-electron chi connectivity index (χ1n) is 9.90. The van der Waals surface area contributed by atoms with Crippen LogP contribution in [0.3, 0.4) is 0 Å². The molecule has 2 heterocycles. The van der Waals surface area contributed by atoms with Gasteiger partial charge in [-0.1, -0.05) is 35.9 Å². The summed E-state index contributed by atoms with van der Waals surface area (Å²) >= 11 is 0. The van der Waals surface area contributed by atoms with Crippen LogP contribution in [0.1, 0.15) is 29.7 Å². The van der Waals surface area contributed by atoms with Crippen molar-refractivity contribution in [1.29, 1.82) is 0 Å². The predicted molar refractivity (Wildman–Crippen MR) is 112 cm³/mol. The molecule has 0 bridgehead atoms. The predicted octanol–water partition coefficient (Wildman–Crippen LogP) is 2.75. The van der Waals surface area contributed by atoms with Gasteiger partial charge in [0.2, 0.25) is 0 Å². The summed E-state index contributed by atoms with van der Waals surface area (Å²) in [4.78, 5) is 11.4. The minimum atomic E-state index is 0.549. The van der Waals surface area contributed by atoms with Crippen molar-refractivity contribution in [3.05, 3.63) is 65.5 Å². The molecule has 5 nitrogen and oxygen atoms in total. The Kier molecular flexibility index (Phi) is 7.22. The monoisotopic (exact) mass is 365 g/mol. The maximum Gasteiger partial charge on any atom is 0.188 e. The van der Waals surface area contributed by atoms with Crippen molar-refractivity contribution >= 4 is 5.96 Å². The average Bonchev–Trinajstić information content (AvgIpc) is 2.70. The lowest BCUT2D eigenvalue weighted by molar-refractivity contribution is 0.180. The zero-order chi connectivity index (χ0) is 18.9. The van der Waals surface area contributed by atoms with Crippen molar-refractivity contribution in [1.82, 2.24) is 15.2 Å². The molecule has 0 amide bonds. The number of benzene rings is 1. The van der Waals surface area contributed by atoms with Crippen LogP contribution in [0.2, 0.25) is 0 Å². The minimum Gasteiger partial charge on any atom is -0.370 e.